The molecule has 0 spiro atoms. The number of halogens is 3. The van der Waals surface area contributed by atoms with Crippen LogP contribution in [0.5, 0.6) is 0 Å². The molecule has 0 bridgehead atoms. The molecule has 2 aromatic rings. The number of hydrogen-bond donors (Lipinski definition) is 1. The largest absolute Gasteiger partial charge is 0.443 e. The minimum Gasteiger partial charge on any atom is -0.370 e. The zero-order chi connectivity index (χ0) is 17.7. The minimum atomic E-state index is -4.53. The van der Waals surface area contributed by atoms with E-state index in [0.29, 0.717) is 30.1 Å². The molecular formula is C14H16F3N5OS. The fraction of sp³-hybridized carbons (Fsp3) is 0.571. The zero-order valence-corrected chi connectivity index (χ0v) is 13.9. The highest BCUT2D eigenvalue weighted by Gasteiger charge is 2.41. The van der Waals surface area contributed by atoms with Crippen molar-refractivity contribution in [2.45, 2.75) is 38.9 Å². The highest BCUT2D eigenvalue weighted by Crippen LogP contribution is 2.41. The Hall–Kier alpha value is -1.97. The second-order valence-corrected chi connectivity index (χ2v) is 7.67. The second-order valence-electron chi connectivity index (χ2n) is 6.69. The molecule has 6 nitrogen and oxygen atoms in total. The van der Waals surface area contributed by atoms with Crippen LogP contribution in [-0.4, -0.2) is 33.4 Å². The van der Waals surface area contributed by atoms with Gasteiger partial charge in [0.15, 0.2) is 5.82 Å². The lowest BCUT2D eigenvalue weighted by atomic mass is 9.90. The Kier molecular flexibility index (Phi) is 3.89. The number of nitrogens with two attached hydrogens (primary N) is 1. The number of nitrogens with zero attached hydrogens (tertiary/aromatic N) is 4. The summed E-state index contributed by atoms with van der Waals surface area (Å²) in [6, 6.07) is -0.216. The summed E-state index contributed by atoms with van der Waals surface area (Å²) in [5, 5.41) is -0.954. The Morgan fingerprint density at radius 1 is 1.46 bits per heavy atom. The van der Waals surface area contributed by atoms with E-state index in [1.807, 2.05) is 18.7 Å². The molecule has 1 saturated heterocycles. The van der Waals surface area contributed by atoms with Crippen LogP contribution in [0.15, 0.2) is 6.33 Å². The number of amides is 1. The number of carbonyl (C=O) groups excluding carboxylic acids is 1. The predicted molar refractivity (Wildman–Crippen MR) is 83.6 cm³/mol. The van der Waals surface area contributed by atoms with Crippen molar-refractivity contribution in [3.05, 3.63) is 11.3 Å². The number of thiazole rings is 1. The van der Waals surface area contributed by atoms with Crippen LogP contribution in [0, 0.1) is 5.41 Å². The monoisotopic (exact) mass is 359 g/mol. The van der Waals surface area contributed by atoms with E-state index in [0.717, 1.165) is 0 Å². The van der Waals surface area contributed by atoms with Gasteiger partial charge in [0.2, 0.25) is 10.9 Å². The van der Waals surface area contributed by atoms with Gasteiger partial charge in [0.25, 0.3) is 0 Å². The van der Waals surface area contributed by atoms with Gasteiger partial charge in [-0.1, -0.05) is 25.2 Å². The van der Waals surface area contributed by atoms with E-state index in [-0.39, 0.29) is 28.2 Å². The SMILES string of the molecule is CC1(C)CC(CC(N)=O)N(c2ncnc3sc(C(F)(F)F)nc23)C1. The number of aromatic nitrogens is 3. The van der Waals surface area contributed by atoms with Gasteiger partial charge in [-0.15, -0.1) is 0 Å². The number of hydrogen-bond acceptors (Lipinski definition) is 6. The third-order valence-corrected chi connectivity index (χ3v) is 4.96. The van der Waals surface area contributed by atoms with E-state index in [4.69, 9.17) is 5.73 Å². The van der Waals surface area contributed by atoms with Gasteiger partial charge in [0, 0.05) is 19.0 Å². The Morgan fingerprint density at radius 3 is 2.79 bits per heavy atom. The van der Waals surface area contributed by atoms with Crippen molar-refractivity contribution >= 4 is 33.4 Å². The van der Waals surface area contributed by atoms with Crippen LogP contribution in [0.25, 0.3) is 10.3 Å². The number of fused-ring (bicyclic) bond motifs is 1. The van der Waals surface area contributed by atoms with Crippen LogP contribution in [-0.2, 0) is 11.0 Å². The van der Waals surface area contributed by atoms with Crippen molar-refractivity contribution < 1.29 is 18.0 Å². The van der Waals surface area contributed by atoms with Gasteiger partial charge in [-0.2, -0.15) is 13.2 Å². The van der Waals surface area contributed by atoms with Crippen LogP contribution < -0.4 is 10.6 Å². The minimum absolute atomic E-state index is 0.111. The van der Waals surface area contributed by atoms with Gasteiger partial charge in [-0.3, -0.25) is 4.79 Å². The summed E-state index contributed by atoms with van der Waals surface area (Å²) in [5.74, 6) is -0.133. The maximum Gasteiger partial charge on any atom is 0.443 e. The first-order valence-corrected chi connectivity index (χ1v) is 8.12. The van der Waals surface area contributed by atoms with Gasteiger partial charge in [0.05, 0.1) is 0 Å². The lowest BCUT2D eigenvalue weighted by molar-refractivity contribution is -0.137. The highest BCUT2D eigenvalue weighted by atomic mass is 32.1. The van der Waals surface area contributed by atoms with Crippen LogP contribution in [0.2, 0.25) is 0 Å². The second kappa shape index (κ2) is 5.54. The molecule has 24 heavy (non-hydrogen) atoms. The van der Waals surface area contributed by atoms with Crippen molar-refractivity contribution in [3.8, 4) is 0 Å². The molecule has 0 saturated carbocycles. The fourth-order valence-electron chi connectivity index (χ4n) is 3.14. The van der Waals surface area contributed by atoms with Gasteiger partial charge in [0.1, 0.15) is 16.7 Å². The predicted octanol–water partition coefficient (Wildman–Crippen LogP) is 2.59. The summed E-state index contributed by atoms with van der Waals surface area (Å²) >= 11 is 0.487. The van der Waals surface area contributed by atoms with Crippen LogP contribution >= 0.6 is 11.3 Å². The van der Waals surface area contributed by atoms with Crippen LogP contribution in [0.1, 0.15) is 31.7 Å². The third-order valence-electron chi connectivity index (χ3n) is 3.95. The van der Waals surface area contributed by atoms with Crippen LogP contribution in [0.4, 0.5) is 19.0 Å². The van der Waals surface area contributed by atoms with Gasteiger partial charge in [-0.05, 0) is 11.8 Å². The summed E-state index contributed by atoms with van der Waals surface area (Å²) < 4.78 is 38.8. The van der Waals surface area contributed by atoms with E-state index in [1.165, 1.54) is 6.33 Å². The zero-order valence-electron chi connectivity index (χ0n) is 13.1. The van der Waals surface area contributed by atoms with Gasteiger partial charge < -0.3 is 10.6 Å². The molecule has 2 aromatic heterocycles. The Balaban J connectivity index is 2.07. The lowest BCUT2D eigenvalue weighted by Gasteiger charge is -2.25. The van der Waals surface area contributed by atoms with E-state index in [2.05, 4.69) is 15.0 Å². The molecule has 10 heteroatoms. The Bertz CT molecular complexity index is 788. The quantitative estimate of drug-likeness (QED) is 0.910. The first-order chi connectivity index (χ1) is 11.1. The number of primary amides is 1. The first-order valence-electron chi connectivity index (χ1n) is 7.30. The average molecular weight is 359 g/mol. The van der Waals surface area contributed by atoms with Gasteiger partial charge in [-0.25, -0.2) is 15.0 Å². The van der Waals surface area contributed by atoms with Gasteiger partial charge >= 0.3 is 6.18 Å². The molecule has 3 rings (SSSR count). The number of alkyl halides is 3. The van der Waals surface area contributed by atoms with E-state index in [1.54, 1.807) is 0 Å². The van der Waals surface area contributed by atoms with Crippen molar-refractivity contribution in [2.75, 3.05) is 11.4 Å². The maximum absolute atomic E-state index is 12.9. The molecule has 1 fully saturated rings. The maximum atomic E-state index is 12.9. The van der Waals surface area contributed by atoms with Crippen molar-refractivity contribution in [2.24, 2.45) is 11.1 Å². The molecule has 0 radical (unpaired) electrons. The molecule has 1 aliphatic heterocycles. The standard InChI is InChI=1S/C14H16F3N5OS/c1-13(2)4-7(3-8(18)23)22(5-13)10-9-11(20-6-19-10)24-12(21-9)14(15,16)17/h6-7H,3-5H2,1-2H3,(H2,18,23). The van der Waals surface area contributed by atoms with E-state index in [9.17, 15) is 18.0 Å². The Morgan fingerprint density at radius 2 is 2.17 bits per heavy atom. The molecule has 2 N–H and O–H groups in total. The molecule has 1 unspecified atom stereocenters. The molecule has 130 valence electrons. The number of carbonyl (C=O) groups is 1. The van der Waals surface area contributed by atoms with Crippen molar-refractivity contribution in [1.82, 2.24) is 15.0 Å². The Labute approximate surface area is 139 Å². The average Bonchev–Trinajstić information content (AvgIpc) is 2.98. The molecule has 0 aromatic carbocycles. The smallest absolute Gasteiger partial charge is 0.370 e. The molecule has 0 aliphatic carbocycles. The normalized spacial score (nSPS) is 20.7. The summed E-state index contributed by atoms with van der Waals surface area (Å²) in [6.45, 7) is 4.61. The highest BCUT2D eigenvalue weighted by molar-refractivity contribution is 7.18. The van der Waals surface area contributed by atoms with Crippen molar-refractivity contribution in [3.63, 3.8) is 0 Å². The summed E-state index contributed by atoms with van der Waals surface area (Å²) in [6.07, 6.45) is -2.49. The number of rotatable bonds is 3. The van der Waals surface area contributed by atoms with E-state index >= 15 is 0 Å². The van der Waals surface area contributed by atoms with E-state index < -0.39 is 17.1 Å². The van der Waals surface area contributed by atoms with Crippen molar-refractivity contribution in [1.29, 1.82) is 0 Å². The summed E-state index contributed by atoms with van der Waals surface area (Å²) in [7, 11) is 0. The molecule has 1 atom stereocenters. The molecular weight excluding hydrogens is 343 g/mol. The fourth-order valence-corrected chi connectivity index (χ4v) is 3.91. The molecule has 1 aliphatic rings. The lowest BCUT2D eigenvalue weighted by Crippen LogP contribution is -2.34. The molecule has 3 heterocycles. The number of anilines is 1. The summed E-state index contributed by atoms with van der Waals surface area (Å²) in [4.78, 5) is 25.1. The first kappa shape index (κ1) is 16.9. The molecule has 1 amide bonds. The topological polar surface area (TPSA) is 85.0 Å². The van der Waals surface area contributed by atoms with Crippen LogP contribution in [0.3, 0.4) is 0 Å². The third kappa shape index (κ3) is 3.14. The summed E-state index contributed by atoms with van der Waals surface area (Å²) in [5.41, 5.74) is 5.32.